The molecule has 21 heavy (non-hydrogen) atoms. The summed E-state index contributed by atoms with van der Waals surface area (Å²) in [6.45, 7) is -1.23. The molecule has 1 rings (SSSR count). The summed E-state index contributed by atoms with van der Waals surface area (Å²) < 4.78 is 26.1. The van der Waals surface area contributed by atoms with Gasteiger partial charge in [-0.25, -0.2) is 8.78 Å². The number of halogens is 2. The van der Waals surface area contributed by atoms with Crippen molar-refractivity contribution in [3.8, 4) is 0 Å². The Morgan fingerprint density at radius 3 is 2.43 bits per heavy atom. The van der Waals surface area contributed by atoms with E-state index in [1.807, 2.05) is 0 Å². The summed E-state index contributed by atoms with van der Waals surface area (Å²) in [6.07, 6.45) is 0. The van der Waals surface area contributed by atoms with Crippen LogP contribution in [0, 0.1) is 11.6 Å². The van der Waals surface area contributed by atoms with Crippen LogP contribution in [0.25, 0.3) is 0 Å². The molecule has 1 aromatic rings. The molecule has 0 bridgehead atoms. The number of amides is 2. The first-order valence-corrected chi connectivity index (χ1v) is 6.64. The van der Waals surface area contributed by atoms with Crippen molar-refractivity contribution in [2.45, 2.75) is 4.90 Å². The summed E-state index contributed by atoms with van der Waals surface area (Å²) >= 11 is 0.768. The molecule has 2 amide bonds. The first kappa shape index (κ1) is 16.9. The van der Waals surface area contributed by atoms with Gasteiger partial charge in [0.15, 0.2) is 0 Å². The van der Waals surface area contributed by atoms with Crippen LogP contribution < -0.4 is 5.73 Å². The van der Waals surface area contributed by atoms with E-state index in [1.54, 1.807) is 0 Å². The molecular formula is C12H12F2N2O4S. The van der Waals surface area contributed by atoms with E-state index >= 15 is 0 Å². The van der Waals surface area contributed by atoms with Gasteiger partial charge in [0, 0.05) is 11.0 Å². The van der Waals surface area contributed by atoms with E-state index in [2.05, 4.69) is 0 Å². The Hall–Kier alpha value is -2.16. The van der Waals surface area contributed by atoms with Crippen molar-refractivity contribution in [1.29, 1.82) is 0 Å². The average molecular weight is 318 g/mol. The van der Waals surface area contributed by atoms with Gasteiger partial charge >= 0.3 is 5.97 Å². The third kappa shape index (κ3) is 5.78. The van der Waals surface area contributed by atoms with Gasteiger partial charge in [0.1, 0.15) is 18.2 Å². The maximum Gasteiger partial charge on any atom is 0.323 e. The Morgan fingerprint density at radius 1 is 1.24 bits per heavy atom. The van der Waals surface area contributed by atoms with E-state index < -0.39 is 42.5 Å². The number of aliphatic carboxylic acids is 1. The van der Waals surface area contributed by atoms with E-state index in [0.29, 0.717) is 6.07 Å². The Morgan fingerprint density at radius 2 is 1.90 bits per heavy atom. The van der Waals surface area contributed by atoms with Crippen molar-refractivity contribution in [2.24, 2.45) is 5.73 Å². The molecule has 9 heteroatoms. The van der Waals surface area contributed by atoms with Crippen LogP contribution in [0.4, 0.5) is 8.78 Å². The van der Waals surface area contributed by atoms with Crippen molar-refractivity contribution in [1.82, 2.24) is 4.90 Å². The lowest BCUT2D eigenvalue weighted by Gasteiger charge is -2.18. The second-order valence-corrected chi connectivity index (χ2v) is 4.99. The zero-order valence-corrected chi connectivity index (χ0v) is 11.5. The fourth-order valence-electron chi connectivity index (χ4n) is 1.41. The van der Waals surface area contributed by atoms with Crippen LogP contribution in [0.15, 0.2) is 23.1 Å². The monoisotopic (exact) mass is 318 g/mol. The predicted octanol–water partition coefficient (Wildman–Crippen LogP) is 0.455. The SMILES string of the molecule is NC(=O)CN(CC(=O)O)C(=O)CSc1ccc(F)cc1F. The van der Waals surface area contributed by atoms with Gasteiger partial charge in [-0.05, 0) is 12.1 Å². The van der Waals surface area contributed by atoms with Gasteiger partial charge in [-0.2, -0.15) is 0 Å². The number of nitrogens with two attached hydrogens (primary N) is 1. The molecule has 0 aliphatic rings. The van der Waals surface area contributed by atoms with Crippen molar-refractivity contribution in [3.05, 3.63) is 29.8 Å². The van der Waals surface area contributed by atoms with Gasteiger partial charge in [-0.15, -0.1) is 11.8 Å². The molecule has 0 aliphatic heterocycles. The van der Waals surface area contributed by atoms with Crippen molar-refractivity contribution < 1.29 is 28.3 Å². The minimum Gasteiger partial charge on any atom is -0.480 e. The lowest BCUT2D eigenvalue weighted by atomic mass is 10.3. The van der Waals surface area contributed by atoms with Crippen LogP contribution >= 0.6 is 11.8 Å². The highest BCUT2D eigenvalue weighted by Crippen LogP contribution is 2.22. The summed E-state index contributed by atoms with van der Waals surface area (Å²) in [7, 11) is 0. The Balaban J connectivity index is 2.68. The number of nitrogens with zero attached hydrogens (tertiary/aromatic N) is 1. The Bertz CT molecular complexity index is 552. The fraction of sp³-hybridized carbons (Fsp3) is 0.250. The van der Waals surface area contributed by atoms with Crippen LogP contribution in [0.5, 0.6) is 0 Å². The molecule has 3 N–H and O–H groups in total. The quantitative estimate of drug-likeness (QED) is 0.711. The van der Waals surface area contributed by atoms with Gasteiger partial charge in [0.25, 0.3) is 0 Å². The maximum atomic E-state index is 13.4. The molecule has 114 valence electrons. The van der Waals surface area contributed by atoms with Crippen molar-refractivity contribution in [2.75, 3.05) is 18.8 Å². The van der Waals surface area contributed by atoms with Crippen molar-refractivity contribution in [3.63, 3.8) is 0 Å². The molecule has 0 aliphatic carbocycles. The third-order valence-corrected chi connectivity index (χ3v) is 3.30. The zero-order chi connectivity index (χ0) is 16.0. The molecule has 0 fully saturated rings. The molecular weight excluding hydrogens is 306 g/mol. The first-order chi connectivity index (χ1) is 9.79. The molecule has 0 spiro atoms. The largest absolute Gasteiger partial charge is 0.480 e. The fourth-order valence-corrected chi connectivity index (χ4v) is 2.23. The van der Waals surface area contributed by atoms with E-state index in [9.17, 15) is 23.2 Å². The minimum absolute atomic E-state index is 0.0408. The number of primary amides is 1. The summed E-state index contributed by atoms with van der Waals surface area (Å²) in [4.78, 5) is 34.0. The van der Waals surface area contributed by atoms with Crippen LogP contribution in [-0.2, 0) is 14.4 Å². The van der Waals surface area contributed by atoms with E-state index in [1.165, 1.54) is 0 Å². The lowest BCUT2D eigenvalue weighted by molar-refractivity contribution is -0.144. The number of carboxylic acids is 1. The molecule has 0 saturated carbocycles. The molecule has 0 saturated heterocycles. The van der Waals surface area contributed by atoms with Crippen LogP contribution in [0.1, 0.15) is 0 Å². The number of carboxylic acid groups (broad SMARTS) is 1. The van der Waals surface area contributed by atoms with E-state index in [-0.39, 0.29) is 10.6 Å². The highest BCUT2D eigenvalue weighted by Gasteiger charge is 2.19. The molecule has 0 aromatic heterocycles. The highest BCUT2D eigenvalue weighted by molar-refractivity contribution is 8.00. The smallest absolute Gasteiger partial charge is 0.323 e. The zero-order valence-electron chi connectivity index (χ0n) is 10.7. The van der Waals surface area contributed by atoms with Gasteiger partial charge < -0.3 is 15.7 Å². The number of carbonyl (C=O) groups is 3. The predicted molar refractivity (Wildman–Crippen MR) is 70.5 cm³/mol. The van der Waals surface area contributed by atoms with Crippen LogP contribution in [-0.4, -0.2) is 46.6 Å². The number of rotatable bonds is 7. The summed E-state index contributed by atoms with van der Waals surface area (Å²) in [6, 6.07) is 2.87. The first-order valence-electron chi connectivity index (χ1n) is 5.65. The second-order valence-electron chi connectivity index (χ2n) is 3.97. The molecule has 0 atom stereocenters. The standard InChI is InChI=1S/C12H12F2N2O4S/c13-7-1-2-9(8(14)3-7)21-6-11(18)16(4-10(15)17)5-12(19)20/h1-3H,4-6H2,(H2,15,17)(H,19,20). The molecule has 0 unspecified atom stereocenters. The number of benzene rings is 1. The molecule has 0 radical (unpaired) electrons. The highest BCUT2D eigenvalue weighted by atomic mass is 32.2. The molecule has 1 aromatic carbocycles. The number of carbonyl (C=O) groups excluding carboxylic acids is 2. The van der Waals surface area contributed by atoms with Gasteiger partial charge in [0.05, 0.1) is 12.3 Å². The minimum atomic E-state index is -1.30. The lowest BCUT2D eigenvalue weighted by Crippen LogP contribution is -2.42. The number of thioether (sulfide) groups is 1. The summed E-state index contributed by atoms with van der Waals surface area (Å²) in [5, 5.41) is 8.65. The van der Waals surface area contributed by atoms with Gasteiger partial charge in [-0.3, -0.25) is 14.4 Å². The van der Waals surface area contributed by atoms with E-state index in [4.69, 9.17) is 10.8 Å². The Kier molecular flexibility index (Phi) is 6.10. The van der Waals surface area contributed by atoms with Crippen molar-refractivity contribution >= 4 is 29.5 Å². The second kappa shape index (κ2) is 7.58. The number of hydrogen-bond acceptors (Lipinski definition) is 4. The topological polar surface area (TPSA) is 101 Å². The van der Waals surface area contributed by atoms with Gasteiger partial charge in [-0.1, -0.05) is 0 Å². The maximum absolute atomic E-state index is 13.4. The molecule has 6 nitrogen and oxygen atoms in total. The third-order valence-electron chi connectivity index (χ3n) is 2.27. The van der Waals surface area contributed by atoms with Gasteiger partial charge in [0.2, 0.25) is 11.8 Å². The van der Waals surface area contributed by atoms with E-state index in [0.717, 1.165) is 28.8 Å². The molecule has 0 heterocycles. The van der Waals surface area contributed by atoms with Crippen LogP contribution in [0.3, 0.4) is 0 Å². The van der Waals surface area contributed by atoms with Crippen LogP contribution in [0.2, 0.25) is 0 Å². The average Bonchev–Trinajstić information content (AvgIpc) is 2.35. The normalized spacial score (nSPS) is 10.2. The Labute approximate surface area is 122 Å². The number of hydrogen-bond donors (Lipinski definition) is 2. The summed E-state index contributed by atoms with van der Waals surface area (Å²) in [5.74, 6) is -4.73. The summed E-state index contributed by atoms with van der Waals surface area (Å²) in [5.41, 5.74) is 4.92.